The van der Waals surface area contributed by atoms with Gasteiger partial charge in [0, 0.05) is 0 Å². The molecule has 0 spiro atoms. The Balaban J connectivity index is 3.80. The second-order valence-corrected chi connectivity index (χ2v) is 6.22. The zero-order chi connectivity index (χ0) is 14.9. The molecule has 0 atom stereocenters. The van der Waals surface area contributed by atoms with E-state index in [1.807, 2.05) is 6.26 Å². The Labute approximate surface area is 118 Å². The van der Waals surface area contributed by atoms with Gasteiger partial charge in [-0.3, -0.25) is 0 Å². The number of nitrogens with one attached hydrogen (secondary N) is 2. The van der Waals surface area contributed by atoms with Crippen LogP contribution in [-0.4, -0.2) is 49.3 Å². The van der Waals surface area contributed by atoms with Crippen LogP contribution >= 0.6 is 11.8 Å². The van der Waals surface area contributed by atoms with Crippen molar-refractivity contribution in [2.24, 2.45) is 0 Å². The third-order valence-electron chi connectivity index (χ3n) is 1.98. The molecule has 0 aromatic rings. The Hall–Kier alpha value is -0.560. The molecule has 0 saturated carbocycles. The zero-order valence-electron chi connectivity index (χ0n) is 12.0. The van der Waals surface area contributed by atoms with E-state index in [-0.39, 0.29) is 0 Å². The minimum atomic E-state index is -2.98. The van der Waals surface area contributed by atoms with E-state index in [1.54, 1.807) is 32.5 Å². The normalized spacial score (nSPS) is 12.3. The molecule has 0 fully saturated rings. The van der Waals surface area contributed by atoms with Crippen molar-refractivity contribution in [3.05, 3.63) is 0 Å². The van der Waals surface area contributed by atoms with Crippen molar-refractivity contribution in [3.63, 3.8) is 0 Å². The molecule has 19 heavy (non-hydrogen) atoms. The summed E-state index contributed by atoms with van der Waals surface area (Å²) in [6.07, 6.45) is 1.99. The minimum Gasteiger partial charge on any atom is -0.444 e. The molecule has 0 saturated heterocycles. The predicted octanol–water partition coefficient (Wildman–Crippen LogP) is 2.49. The molecule has 0 unspecified atom stereocenters. The number of thioether (sulfide) groups is 1. The summed E-state index contributed by atoms with van der Waals surface area (Å²) in [5.74, 6) is -2.04. The number of ether oxygens (including phenoxy) is 1. The summed E-state index contributed by atoms with van der Waals surface area (Å²) in [6, 6.07) is 0. The summed E-state index contributed by atoms with van der Waals surface area (Å²) >= 11 is 1.68. The Morgan fingerprint density at radius 1 is 1.26 bits per heavy atom. The van der Waals surface area contributed by atoms with Crippen molar-refractivity contribution in [3.8, 4) is 0 Å². The lowest BCUT2D eigenvalue weighted by molar-refractivity contribution is -0.00333. The summed E-state index contributed by atoms with van der Waals surface area (Å²) < 4.78 is 31.7. The van der Waals surface area contributed by atoms with E-state index < -0.39 is 30.7 Å². The van der Waals surface area contributed by atoms with Crippen LogP contribution in [0.2, 0.25) is 0 Å². The molecular formula is C12H24F2N2O2S. The van der Waals surface area contributed by atoms with Gasteiger partial charge < -0.3 is 15.4 Å². The van der Waals surface area contributed by atoms with Crippen LogP contribution in [0.25, 0.3) is 0 Å². The van der Waals surface area contributed by atoms with Crippen molar-refractivity contribution in [1.29, 1.82) is 0 Å². The lowest BCUT2D eigenvalue weighted by atomic mass is 10.2. The molecule has 1 amide bonds. The van der Waals surface area contributed by atoms with Gasteiger partial charge in [0.15, 0.2) is 0 Å². The maximum Gasteiger partial charge on any atom is 0.407 e. The van der Waals surface area contributed by atoms with Gasteiger partial charge in [0.2, 0.25) is 0 Å². The summed E-state index contributed by atoms with van der Waals surface area (Å²) in [5.41, 5.74) is -0.685. The highest BCUT2D eigenvalue weighted by Gasteiger charge is 2.29. The predicted molar refractivity (Wildman–Crippen MR) is 75.1 cm³/mol. The quantitative estimate of drug-likeness (QED) is 0.676. The fourth-order valence-corrected chi connectivity index (χ4v) is 1.62. The van der Waals surface area contributed by atoms with Crippen LogP contribution in [0.5, 0.6) is 0 Å². The Morgan fingerprint density at radius 3 is 2.42 bits per heavy atom. The minimum absolute atomic E-state index is 0.447. The first-order valence-corrected chi connectivity index (χ1v) is 7.60. The lowest BCUT2D eigenvalue weighted by Crippen LogP contribution is -2.45. The molecule has 0 rings (SSSR count). The van der Waals surface area contributed by atoms with Crippen LogP contribution in [0.3, 0.4) is 0 Å². The molecule has 0 bridgehead atoms. The van der Waals surface area contributed by atoms with E-state index in [1.165, 1.54) is 0 Å². The number of halogens is 2. The van der Waals surface area contributed by atoms with Gasteiger partial charge in [0.1, 0.15) is 5.60 Å². The van der Waals surface area contributed by atoms with Crippen LogP contribution in [0, 0.1) is 0 Å². The van der Waals surface area contributed by atoms with Crippen LogP contribution in [0.1, 0.15) is 27.2 Å². The fourth-order valence-electron chi connectivity index (χ4n) is 1.19. The van der Waals surface area contributed by atoms with Gasteiger partial charge in [0.05, 0.1) is 13.1 Å². The molecule has 0 aliphatic carbocycles. The molecule has 2 N–H and O–H groups in total. The number of alkyl carbamates (subject to hydrolysis) is 1. The average molecular weight is 298 g/mol. The summed E-state index contributed by atoms with van der Waals surface area (Å²) in [6.45, 7) is 4.41. The molecule has 0 heterocycles. The molecule has 7 heteroatoms. The second kappa shape index (κ2) is 8.58. The number of carbonyl (C=O) groups excluding carboxylic acids is 1. The molecule has 0 aromatic heterocycles. The topological polar surface area (TPSA) is 50.4 Å². The third-order valence-corrected chi connectivity index (χ3v) is 2.67. The third kappa shape index (κ3) is 12.2. The van der Waals surface area contributed by atoms with Crippen molar-refractivity contribution < 1.29 is 18.3 Å². The number of hydrogen-bond donors (Lipinski definition) is 2. The second-order valence-electron chi connectivity index (χ2n) is 5.23. The number of carbonyl (C=O) groups is 1. The molecular weight excluding hydrogens is 274 g/mol. The van der Waals surface area contributed by atoms with Crippen LogP contribution in [0.15, 0.2) is 0 Å². The molecule has 0 aromatic carbocycles. The first kappa shape index (κ1) is 18.4. The van der Waals surface area contributed by atoms with E-state index in [9.17, 15) is 13.6 Å². The van der Waals surface area contributed by atoms with E-state index in [4.69, 9.17) is 4.74 Å². The van der Waals surface area contributed by atoms with Gasteiger partial charge in [-0.05, 0) is 45.7 Å². The lowest BCUT2D eigenvalue weighted by Gasteiger charge is -2.22. The number of rotatable bonds is 8. The van der Waals surface area contributed by atoms with Gasteiger partial charge in [-0.1, -0.05) is 0 Å². The van der Waals surface area contributed by atoms with Crippen molar-refractivity contribution >= 4 is 17.9 Å². The van der Waals surface area contributed by atoms with E-state index in [0.717, 1.165) is 12.2 Å². The largest absolute Gasteiger partial charge is 0.444 e. The molecule has 114 valence electrons. The first-order chi connectivity index (χ1) is 8.66. The monoisotopic (exact) mass is 298 g/mol. The molecule has 0 radical (unpaired) electrons. The number of hydrogen-bond acceptors (Lipinski definition) is 4. The van der Waals surface area contributed by atoms with E-state index in [0.29, 0.717) is 6.54 Å². The number of alkyl halides is 2. The summed E-state index contributed by atoms with van der Waals surface area (Å²) in [7, 11) is 0. The van der Waals surface area contributed by atoms with Gasteiger partial charge in [0.25, 0.3) is 5.92 Å². The molecule has 0 aliphatic heterocycles. The van der Waals surface area contributed by atoms with Crippen LogP contribution in [0.4, 0.5) is 13.6 Å². The fraction of sp³-hybridized carbons (Fsp3) is 0.917. The van der Waals surface area contributed by atoms with Crippen molar-refractivity contribution in [1.82, 2.24) is 10.6 Å². The maximum absolute atomic E-state index is 13.4. The Bertz CT molecular complexity index is 271. The SMILES string of the molecule is CSCCCNCC(F)(F)CNC(=O)OC(C)(C)C. The summed E-state index contributed by atoms with van der Waals surface area (Å²) in [5, 5.41) is 4.75. The number of amides is 1. The van der Waals surface area contributed by atoms with E-state index >= 15 is 0 Å². The Morgan fingerprint density at radius 2 is 1.89 bits per heavy atom. The van der Waals surface area contributed by atoms with Gasteiger partial charge in [-0.2, -0.15) is 11.8 Å². The van der Waals surface area contributed by atoms with Crippen LogP contribution in [-0.2, 0) is 4.74 Å². The van der Waals surface area contributed by atoms with Crippen LogP contribution < -0.4 is 10.6 Å². The van der Waals surface area contributed by atoms with Gasteiger partial charge >= 0.3 is 6.09 Å². The molecule has 4 nitrogen and oxygen atoms in total. The molecule has 0 aliphatic rings. The van der Waals surface area contributed by atoms with E-state index in [2.05, 4.69) is 10.6 Å². The average Bonchev–Trinajstić information content (AvgIpc) is 2.24. The van der Waals surface area contributed by atoms with Gasteiger partial charge in [-0.25, -0.2) is 13.6 Å². The maximum atomic E-state index is 13.4. The van der Waals surface area contributed by atoms with Crippen molar-refractivity contribution in [2.75, 3.05) is 31.6 Å². The van der Waals surface area contributed by atoms with Gasteiger partial charge in [-0.15, -0.1) is 0 Å². The summed E-state index contributed by atoms with van der Waals surface area (Å²) in [4.78, 5) is 11.2. The highest BCUT2D eigenvalue weighted by atomic mass is 32.2. The highest BCUT2D eigenvalue weighted by molar-refractivity contribution is 7.98. The Kier molecular flexibility index (Phi) is 8.33. The first-order valence-electron chi connectivity index (χ1n) is 6.21. The smallest absolute Gasteiger partial charge is 0.407 e. The standard InChI is InChI=1S/C12H24F2N2O2S/c1-11(2,3)18-10(17)16-9-12(13,14)8-15-6-5-7-19-4/h15H,5-9H2,1-4H3,(H,16,17). The highest BCUT2D eigenvalue weighted by Crippen LogP contribution is 2.11. The zero-order valence-corrected chi connectivity index (χ0v) is 12.8. The van der Waals surface area contributed by atoms with Crippen molar-refractivity contribution in [2.45, 2.75) is 38.7 Å².